The standard InChI is InChI=1S/C15H16F3N3O3/c16-15(17,18)10-6-4-9(5-7-10)12(22)14(24)21-11(13(20)23)3-1-2-8-19/h4-7,11-12,22H,1-3H2,(H2,20,23)(H,21,24)/t11-,12+/m0/s1. The summed E-state index contributed by atoms with van der Waals surface area (Å²) in [5.41, 5.74) is 4.16. The number of nitrogens with zero attached hydrogens (tertiary/aromatic N) is 1. The summed E-state index contributed by atoms with van der Waals surface area (Å²) < 4.78 is 37.4. The fourth-order valence-electron chi connectivity index (χ4n) is 1.93. The van der Waals surface area contributed by atoms with Gasteiger partial charge in [-0.1, -0.05) is 12.1 Å². The Morgan fingerprint density at radius 2 is 1.88 bits per heavy atom. The lowest BCUT2D eigenvalue weighted by molar-refractivity contribution is -0.137. The number of unbranched alkanes of at least 4 members (excludes halogenated alkanes) is 1. The number of nitrogens with two attached hydrogens (primary N) is 1. The second-order valence-corrected chi connectivity index (χ2v) is 5.04. The normalized spacial score (nSPS) is 13.6. The Morgan fingerprint density at radius 3 is 2.33 bits per heavy atom. The Hall–Kier alpha value is -2.60. The fraction of sp³-hybridized carbons (Fsp3) is 0.400. The molecule has 0 unspecified atom stereocenters. The number of aliphatic hydroxyl groups is 1. The van der Waals surface area contributed by atoms with Crippen LogP contribution in [0.25, 0.3) is 0 Å². The smallest absolute Gasteiger partial charge is 0.378 e. The number of amides is 2. The van der Waals surface area contributed by atoms with Gasteiger partial charge in [-0.25, -0.2) is 0 Å². The number of nitrogens with one attached hydrogen (secondary N) is 1. The molecule has 0 saturated heterocycles. The molecular weight excluding hydrogens is 327 g/mol. The second-order valence-electron chi connectivity index (χ2n) is 5.04. The maximum Gasteiger partial charge on any atom is 0.416 e. The molecule has 0 aliphatic rings. The van der Waals surface area contributed by atoms with Crippen LogP contribution >= 0.6 is 0 Å². The van der Waals surface area contributed by atoms with Crippen molar-refractivity contribution in [3.63, 3.8) is 0 Å². The van der Waals surface area contributed by atoms with Gasteiger partial charge < -0.3 is 16.2 Å². The molecule has 0 spiro atoms. The van der Waals surface area contributed by atoms with Gasteiger partial charge in [0.25, 0.3) is 5.91 Å². The topological polar surface area (TPSA) is 116 Å². The number of hydrogen-bond donors (Lipinski definition) is 3. The molecule has 0 heterocycles. The van der Waals surface area contributed by atoms with E-state index < -0.39 is 35.7 Å². The molecule has 1 aromatic rings. The number of primary amides is 1. The van der Waals surface area contributed by atoms with Crippen LogP contribution in [-0.2, 0) is 15.8 Å². The number of aliphatic hydroxyl groups excluding tert-OH is 1. The summed E-state index contributed by atoms with van der Waals surface area (Å²) in [6.07, 6.45) is -5.66. The van der Waals surface area contributed by atoms with Gasteiger partial charge in [0.1, 0.15) is 6.04 Å². The van der Waals surface area contributed by atoms with Crippen LogP contribution in [0.2, 0.25) is 0 Å². The molecule has 6 nitrogen and oxygen atoms in total. The molecule has 130 valence electrons. The van der Waals surface area contributed by atoms with Gasteiger partial charge in [-0.15, -0.1) is 0 Å². The molecule has 2 amide bonds. The van der Waals surface area contributed by atoms with Gasteiger partial charge in [0.2, 0.25) is 5.91 Å². The summed E-state index contributed by atoms with van der Waals surface area (Å²) >= 11 is 0. The molecule has 0 saturated carbocycles. The number of benzene rings is 1. The predicted molar refractivity (Wildman–Crippen MR) is 77.0 cm³/mol. The summed E-state index contributed by atoms with van der Waals surface area (Å²) in [6, 6.07) is 4.23. The Bertz CT molecular complexity index is 624. The van der Waals surface area contributed by atoms with Gasteiger partial charge in [0.05, 0.1) is 11.6 Å². The largest absolute Gasteiger partial charge is 0.416 e. The lowest BCUT2D eigenvalue weighted by Crippen LogP contribution is -2.46. The molecule has 1 rings (SSSR count). The minimum absolute atomic E-state index is 0.0549. The number of alkyl halides is 3. The van der Waals surface area contributed by atoms with Crippen molar-refractivity contribution in [3.05, 3.63) is 35.4 Å². The fourth-order valence-corrected chi connectivity index (χ4v) is 1.93. The van der Waals surface area contributed by atoms with Crippen molar-refractivity contribution in [3.8, 4) is 6.07 Å². The summed E-state index contributed by atoms with van der Waals surface area (Å²) in [7, 11) is 0. The van der Waals surface area contributed by atoms with Crippen LogP contribution in [0.4, 0.5) is 13.2 Å². The van der Waals surface area contributed by atoms with Crippen LogP contribution in [-0.4, -0.2) is 23.0 Å². The first-order valence-corrected chi connectivity index (χ1v) is 6.98. The van der Waals surface area contributed by atoms with Crippen LogP contribution in [0.5, 0.6) is 0 Å². The van der Waals surface area contributed by atoms with E-state index >= 15 is 0 Å². The molecule has 0 aromatic heterocycles. The Labute approximate surface area is 136 Å². The molecule has 24 heavy (non-hydrogen) atoms. The van der Waals surface area contributed by atoms with Crippen LogP contribution in [0.15, 0.2) is 24.3 Å². The molecular formula is C15H16F3N3O3. The first-order chi connectivity index (χ1) is 11.2. The molecule has 0 aliphatic carbocycles. The van der Waals surface area contributed by atoms with Crippen LogP contribution in [0.1, 0.15) is 36.5 Å². The lowest BCUT2D eigenvalue weighted by atomic mass is 10.0. The highest BCUT2D eigenvalue weighted by Crippen LogP contribution is 2.29. The Morgan fingerprint density at radius 1 is 1.29 bits per heavy atom. The molecule has 0 aliphatic heterocycles. The molecule has 0 bridgehead atoms. The van der Waals surface area contributed by atoms with E-state index in [-0.39, 0.29) is 18.4 Å². The minimum Gasteiger partial charge on any atom is -0.378 e. The Balaban J connectivity index is 2.75. The van der Waals surface area contributed by atoms with E-state index in [9.17, 15) is 27.9 Å². The SMILES string of the molecule is N#CCCC[C@H](NC(=O)[C@H](O)c1ccc(C(F)(F)F)cc1)C(N)=O. The number of nitriles is 1. The minimum atomic E-state index is -4.52. The average Bonchev–Trinajstić information content (AvgIpc) is 2.52. The number of rotatable bonds is 7. The van der Waals surface area contributed by atoms with E-state index in [1.54, 1.807) is 0 Å². The first kappa shape index (κ1) is 19.4. The molecule has 1 aromatic carbocycles. The number of carbonyl (C=O) groups excluding carboxylic acids is 2. The van der Waals surface area contributed by atoms with Gasteiger partial charge in [0, 0.05) is 6.42 Å². The zero-order chi connectivity index (χ0) is 18.3. The van der Waals surface area contributed by atoms with E-state index in [1.165, 1.54) is 0 Å². The maximum absolute atomic E-state index is 12.5. The van der Waals surface area contributed by atoms with Crippen LogP contribution < -0.4 is 11.1 Å². The molecule has 0 radical (unpaired) electrons. The van der Waals surface area contributed by atoms with E-state index in [0.29, 0.717) is 6.42 Å². The summed E-state index contributed by atoms with van der Waals surface area (Å²) in [5.74, 6) is -1.79. The third-order valence-corrected chi connectivity index (χ3v) is 3.24. The summed E-state index contributed by atoms with van der Waals surface area (Å²) in [6.45, 7) is 0. The highest BCUT2D eigenvalue weighted by Gasteiger charge is 2.31. The molecule has 2 atom stereocenters. The zero-order valence-electron chi connectivity index (χ0n) is 12.5. The van der Waals surface area contributed by atoms with Crippen molar-refractivity contribution >= 4 is 11.8 Å². The maximum atomic E-state index is 12.5. The van der Waals surface area contributed by atoms with Crippen LogP contribution in [0, 0.1) is 11.3 Å². The number of carbonyl (C=O) groups is 2. The van der Waals surface area contributed by atoms with Crippen molar-refractivity contribution in [1.82, 2.24) is 5.32 Å². The number of hydrogen-bond acceptors (Lipinski definition) is 4. The van der Waals surface area contributed by atoms with Gasteiger partial charge in [-0.05, 0) is 30.5 Å². The van der Waals surface area contributed by atoms with Crippen molar-refractivity contribution in [1.29, 1.82) is 5.26 Å². The van der Waals surface area contributed by atoms with Crippen molar-refractivity contribution in [2.24, 2.45) is 5.73 Å². The van der Waals surface area contributed by atoms with Gasteiger partial charge in [0.15, 0.2) is 6.10 Å². The summed E-state index contributed by atoms with van der Waals surface area (Å²) in [4.78, 5) is 23.2. The molecule has 0 fully saturated rings. The average molecular weight is 343 g/mol. The van der Waals surface area contributed by atoms with Crippen molar-refractivity contribution in [2.45, 2.75) is 37.6 Å². The lowest BCUT2D eigenvalue weighted by Gasteiger charge is -2.18. The van der Waals surface area contributed by atoms with Gasteiger partial charge >= 0.3 is 6.18 Å². The van der Waals surface area contributed by atoms with Crippen molar-refractivity contribution in [2.75, 3.05) is 0 Å². The quantitative estimate of drug-likeness (QED) is 0.649. The predicted octanol–water partition coefficient (Wildman–Crippen LogP) is 1.40. The second kappa shape index (κ2) is 8.31. The summed E-state index contributed by atoms with van der Waals surface area (Å²) in [5, 5.41) is 20.6. The van der Waals surface area contributed by atoms with Crippen LogP contribution in [0.3, 0.4) is 0 Å². The van der Waals surface area contributed by atoms with E-state index in [1.807, 2.05) is 6.07 Å². The monoisotopic (exact) mass is 343 g/mol. The van der Waals surface area contributed by atoms with Gasteiger partial charge in [-0.3, -0.25) is 9.59 Å². The highest BCUT2D eigenvalue weighted by molar-refractivity contribution is 5.88. The third-order valence-electron chi connectivity index (χ3n) is 3.24. The third kappa shape index (κ3) is 5.55. The zero-order valence-corrected chi connectivity index (χ0v) is 12.5. The molecule has 9 heteroatoms. The van der Waals surface area contributed by atoms with E-state index in [4.69, 9.17) is 11.0 Å². The van der Waals surface area contributed by atoms with Crippen molar-refractivity contribution < 1.29 is 27.9 Å². The van der Waals surface area contributed by atoms with E-state index in [2.05, 4.69) is 5.32 Å². The Kier molecular flexibility index (Phi) is 6.73. The van der Waals surface area contributed by atoms with Gasteiger partial charge in [-0.2, -0.15) is 18.4 Å². The highest BCUT2D eigenvalue weighted by atomic mass is 19.4. The molecule has 4 N–H and O–H groups in total. The van der Waals surface area contributed by atoms with E-state index in [0.717, 1.165) is 24.3 Å². The number of halogens is 3. The first-order valence-electron chi connectivity index (χ1n) is 6.98.